The highest BCUT2D eigenvalue weighted by Crippen LogP contribution is 2.36. The first kappa shape index (κ1) is 26.3. The Labute approximate surface area is 207 Å². The fraction of sp³-hybridized carbons (Fsp3) is 0.531. The average Bonchev–Trinajstić information content (AvgIpc) is 2.85. The molecule has 0 amide bonds. The fourth-order valence-electron chi connectivity index (χ4n) is 5.00. The van der Waals surface area contributed by atoms with Gasteiger partial charge in [-0.2, -0.15) is 0 Å². The number of carbonyl (C=O) groups excluding carboxylic acids is 1. The van der Waals surface area contributed by atoms with Gasteiger partial charge in [-0.1, -0.05) is 101 Å². The van der Waals surface area contributed by atoms with E-state index >= 15 is 0 Å². The first-order valence-corrected chi connectivity index (χ1v) is 13.4. The number of carbonyl (C=O) groups is 1. The first-order valence-electron chi connectivity index (χ1n) is 13.4. The van der Waals surface area contributed by atoms with Gasteiger partial charge in [-0.05, 0) is 60.8 Å². The second kappa shape index (κ2) is 12.9. The van der Waals surface area contributed by atoms with Crippen LogP contribution in [0.25, 0.3) is 5.57 Å². The van der Waals surface area contributed by atoms with Gasteiger partial charge >= 0.3 is 0 Å². The van der Waals surface area contributed by atoms with Crippen LogP contribution in [0.2, 0.25) is 0 Å². The first-order chi connectivity index (χ1) is 16.4. The van der Waals surface area contributed by atoms with E-state index in [4.69, 9.17) is 4.74 Å². The van der Waals surface area contributed by atoms with Gasteiger partial charge in [0.1, 0.15) is 18.1 Å². The molecule has 1 saturated carbocycles. The van der Waals surface area contributed by atoms with E-state index in [1.807, 2.05) is 6.07 Å². The molecule has 2 heteroatoms. The molecule has 1 fully saturated rings. The summed E-state index contributed by atoms with van der Waals surface area (Å²) in [5, 5.41) is 0. The second-order valence-corrected chi connectivity index (χ2v) is 10.7. The van der Waals surface area contributed by atoms with E-state index in [2.05, 4.69) is 76.2 Å². The van der Waals surface area contributed by atoms with Crippen molar-refractivity contribution in [3.05, 3.63) is 71.3 Å². The molecule has 0 saturated heterocycles. The molecule has 0 spiro atoms. The van der Waals surface area contributed by atoms with Crippen molar-refractivity contribution in [3.63, 3.8) is 0 Å². The summed E-state index contributed by atoms with van der Waals surface area (Å²) in [6.45, 7) is 9.69. The predicted molar refractivity (Wildman–Crippen MR) is 144 cm³/mol. The quantitative estimate of drug-likeness (QED) is 0.295. The molecule has 184 valence electrons. The van der Waals surface area contributed by atoms with E-state index in [1.165, 1.54) is 55.2 Å². The molecular formula is C32H44O2. The van der Waals surface area contributed by atoms with Crippen molar-refractivity contribution in [2.45, 2.75) is 104 Å². The van der Waals surface area contributed by atoms with Gasteiger partial charge in [-0.3, -0.25) is 4.79 Å². The SMILES string of the molecule is CCCCCCC(C)(C)c1ccc(/C(C)=C/CC2CCCCC2=O)c(OCc2ccccc2)c1. The van der Waals surface area contributed by atoms with Crippen molar-refractivity contribution in [2.24, 2.45) is 5.92 Å². The van der Waals surface area contributed by atoms with Crippen molar-refractivity contribution in [3.8, 4) is 5.75 Å². The normalized spacial score (nSPS) is 17.1. The van der Waals surface area contributed by atoms with Crippen molar-refractivity contribution in [1.82, 2.24) is 0 Å². The molecule has 1 atom stereocenters. The number of rotatable bonds is 12. The fourth-order valence-corrected chi connectivity index (χ4v) is 5.00. The maximum atomic E-state index is 12.3. The smallest absolute Gasteiger partial charge is 0.136 e. The Hall–Kier alpha value is -2.35. The summed E-state index contributed by atoms with van der Waals surface area (Å²) in [6.07, 6.45) is 13.5. The molecule has 0 N–H and O–H groups in total. The number of hydrogen-bond donors (Lipinski definition) is 0. The van der Waals surface area contributed by atoms with E-state index in [0.717, 1.165) is 37.0 Å². The Morgan fingerprint density at radius 2 is 1.85 bits per heavy atom. The number of ketones is 1. The van der Waals surface area contributed by atoms with Crippen LogP contribution in [0.4, 0.5) is 0 Å². The van der Waals surface area contributed by atoms with Crippen LogP contribution in [-0.4, -0.2) is 5.78 Å². The number of unbranched alkanes of at least 4 members (excludes halogenated alkanes) is 3. The van der Waals surface area contributed by atoms with E-state index < -0.39 is 0 Å². The average molecular weight is 461 g/mol. The van der Waals surface area contributed by atoms with E-state index in [9.17, 15) is 4.79 Å². The standard InChI is InChI=1S/C32H44O2/c1-5-6-7-13-22-32(3,4)28-20-21-29(25(2)18-19-27-16-11-12-17-30(27)33)31(23-28)34-24-26-14-9-8-10-15-26/h8-10,14-15,18,20-21,23,27H,5-7,11-13,16-17,19,22,24H2,1-4H3/b25-18+. The van der Waals surface area contributed by atoms with Crippen LogP contribution in [0.1, 0.15) is 109 Å². The number of ether oxygens (including phenoxy) is 1. The molecule has 1 aliphatic carbocycles. The minimum atomic E-state index is 0.114. The molecule has 0 radical (unpaired) electrons. The summed E-state index contributed by atoms with van der Waals surface area (Å²) in [4.78, 5) is 12.3. The van der Waals surface area contributed by atoms with Crippen LogP contribution in [0.5, 0.6) is 5.75 Å². The Kier molecular flexibility index (Phi) is 9.99. The molecule has 1 aliphatic rings. The lowest BCUT2D eigenvalue weighted by Gasteiger charge is -2.27. The summed E-state index contributed by atoms with van der Waals surface area (Å²) in [5.41, 5.74) is 4.97. The van der Waals surface area contributed by atoms with Gasteiger partial charge in [0.15, 0.2) is 0 Å². The van der Waals surface area contributed by atoms with Crippen molar-refractivity contribution < 1.29 is 9.53 Å². The Balaban J connectivity index is 1.81. The Bertz CT molecular complexity index is 939. The molecule has 0 aromatic heterocycles. The van der Waals surface area contributed by atoms with Crippen molar-refractivity contribution in [1.29, 1.82) is 0 Å². The Morgan fingerprint density at radius 3 is 2.59 bits per heavy atom. The lowest BCUT2D eigenvalue weighted by molar-refractivity contribution is -0.124. The van der Waals surface area contributed by atoms with Crippen LogP contribution in [0.15, 0.2) is 54.6 Å². The zero-order valence-electron chi connectivity index (χ0n) is 21.9. The minimum absolute atomic E-state index is 0.114. The van der Waals surface area contributed by atoms with Crippen LogP contribution in [-0.2, 0) is 16.8 Å². The maximum absolute atomic E-state index is 12.3. The van der Waals surface area contributed by atoms with Crippen LogP contribution < -0.4 is 4.74 Å². The van der Waals surface area contributed by atoms with E-state index in [0.29, 0.717) is 12.4 Å². The van der Waals surface area contributed by atoms with Gasteiger partial charge in [-0.15, -0.1) is 0 Å². The van der Waals surface area contributed by atoms with Crippen molar-refractivity contribution >= 4 is 11.4 Å². The van der Waals surface area contributed by atoms with Gasteiger partial charge in [0, 0.05) is 17.9 Å². The zero-order valence-corrected chi connectivity index (χ0v) is 21.9. The van der Waals surface area contributed by atoms with Crippen molar-refractivity contribution in [2.75, 3.05) is 0 Å². The third-order valence-corrected chi connectivity index (χ3v) is 7.47. The topological polar surface area (TPSA) is 26.3 Å². The van der Waals surface area contributed by atoms with E-state index in [-0.39, 0.29) is 11.3 Å². The molecule has 2 nitrogen and oxygen atoms in total. The van der Waals surface area contributed by atoms with Gasteiger partial charge in [0.2, 0.25) is 0 Å². The largest absolute Gasteiger partial charge is 0.488 e. The molecule has 34 heavy (non-hydrogen) atoms. The third-order valence-electron chi connectivity index (χ3n) is 7.47. The molecule has 0 heterocycles. The third kappa shape index (κ3) is 7.58. The van der Waals surface area contributed by atoms with Crippen LogP contribution in [0, 0.1) is 5.92 Å². The monoisotopic (exact) mass is 460 g/mol. The lowest BCUT2D eigenvalue weighted by atomic mass is 9.79. The van der Waals surface area contributed by atoms with Gasteiger partial charge in [0.25, 0.3) is 0 Å². The van der Waals surface area contributed by atoms with Crippen LogP contribution >= 0.6 is 0 Å². The highest BCUT2D eigenvalue weighted by Gasteiger charge is 2.23. The number of Topliss-reactive ketones (excluding diaryl/α,β-unsaturated/α-hetero) is 1. The number of hydrogen-bond acceptors (Lipinski definition) is 2. The summed E-state index contributed by atoms with van der Waals surface area (Å²) in [7, 11) is 0. The van der Waals surface area contributed by atoms with E-state index in [1.54, 1.807) is 0 Å². The highest BCUT2D eigenvalue weighted by molar-refractivity contribution is 5.82. The summed E-state index contributed by atoms with van der Waals surface area (Å²) in [6, 6.07) is 17.2. The number of allylic oxidation sites excluding steroid dienone is 2. The number of benzene rings is 2. The summed E-state index contributed by atoms with van der Waals surface area (Å²) < 4.78 is 6.43. The highest BCUT2D eigenvalue weighted by atomic mass is 16.5. The van der Waals surface area contributed by atoms with Gasteiger partial charge in [-0.25, -0.2) is 0 Å². The Morgan fingerprint density at radius 1 is 1.06 bits per heavy atom. The minimum Gasteiger partial charge on any atom is -0.488 e. The molecule has 1 unspecified atom stereocenters. The molecule has 2 aromatic carbocycles. The molecular weight excluding hydrogens is 416 g/mol. The summed E-state index contributed by atoms with van der Waals surface area (Å²) in [5.74, 6) is 1.58. The predicted octanol–water partition coefficient (Wildman–Crippen LogP) is 9.07. The molecule has 0 bridgehead atoms. The van der Waals surface area contributed by atoms with Crippen LogP contribution in [0.3, 0.4) is 0 Å². The molecule has 2 aromatic rings. The maximum Gasteiger partial charge on any atom is 0.136 e. The molecule has 0 aliphatic heterocycles. The summed E-state index contributed by atoms with van der Waals surface area (Å²) >= 11 is 0. The molecule has 3 rings (SSSR count). The van der Waals surface area contributed by atoms with Gasteiger partial charge in [0.05, 0.1) is 0 Å². The zero-order chi connectivity index (χ0) is 24.4. The van der Waals surface area contributed by atoms with Gasteiger partial charge < -0.3 is 4.74 Å². The lowest BCUT2D eigenvalue weighted by Crippen LogP contribution is -2.18. The second-order valence-electron chi connectivity index (χ2n) is 10.7.